The third kappa shape index (κ3) is 6.60. The summed E-state index contributed by atoms with van der Waals surface area (Å²) >= 11 is 0. The molecule has 18 heavy (non-hydrogen) atoms. The summed E-state index contributed by atoms with van der Waals surface area (Å²) < 4.78 is 0. The summed E-state index contributed by atoms with van der Waals surface area (Å²) in [6, 6.07) is 7.87. The minimum Gasteiger partial charge on any atom is -0.626 e. The number of aryl methyl sites for hydroxylation is 1. The molecule has 0 aliphatic carbocycles. The second kappa shape index (κ2) is 12.5. The van der Waals surface area contributed by atoms with Crippen LogP contribution in [0.25, 0.3) is 5.32 Å². The number of carbonyl (C=O) groups excluding carboxylic acids is 1. The van der Waals surface area contributed by atoms with E-state index in [1.165, 1.54) is 5.56 Å². The number of nitrogens with zero attached hydrogens (tertiary/aromatic N) is 1. The van der Waals surface area contributed by atoms with Gasteiger partial charge in [0.15, 0.2) is 0 Å². The van der Waals surface area contributed by atoms with Gasteiger partial charge in [-0.05, 0) is 18.8 Å². The Morgan fingerprint density at radius 2 is 1.67 bits per heavy atom. The molecule has 0 aromatic heterocycles. The zero-order valence-electron chi connectivity index (χ0n) is 12.7. The van der Waals surface area contributed by atoms with E-state index in [0.29, 0.717) is 0 Å². The van der Waals surface area contributed by atoms with Crippen molar-refractivity contribution < 1.29 is 63.0 Å². The molecular formula is C15H24NORb. The summed E-state index contributed by atoms with van der Waals surface area (Å²) in [5, 5.41) is 4.08. The van der Waals surface area contributed by atoms with Crippen molar-refractivity contribution >= 4 is 11.6 Å². The van der Waals surface area contributed by atoms with Gasteiger partial charge in [-0.25, -0.2) is 0 Å². The van der Waals surface area contributed by atoms with Crippen molar-refractivity contribution in [2.45, 2.75) is 47.5 Å². The first kappa shape index (κ1) is 20.8. The topological polar surface area (TPSA) is 31.2 Å². The van der Waals surface area contributed by atoms with Gasteiger partial charge in [0, 0.05) is 0 Å². The van der Waals surface area contributed by atoms with Crippen molar-refractivity contribution in [1.82, 2.24) is 0 Å². The van der Waals surface area contributed by atoms with Gasteiger partial charge in [0.25, 0.3) is 0 Å². The monoisotopic (exact) mass is 319 g/mol. The van der Waals surface area contributed by atoms with Crippen molar-refractivity contribution in [1.29, 1.82) is 0 Å². The molecule has 1 aromatic rings. The molecule has 3 heteroatoms. The Balaban J connectivity index is 0. The first-order valence-electron chi connectivity index (χ1n) is 6.61. The summed E-state index contributed by atoms with van der Waals surface area (Å²) in [5.74, 6) is 0.0948. The van der Waals surface area contributed by atoms with Crippen LogP contribution in [0.3, 0.4) is 0 Å². The molecular weight excluding hydrogens is 296 g/mol. The average molecular weight is 320 g/mol. The fourth-order valence-corrected chi connectivity index (χ4v) is 1.56. The minimum absolute atomic E-state index is 0. The van der Waals surface area contributed by atoms with Crippen LogP contribution < -0.4 is 58.2 Å². The van der Waals surface area contributed by atoms with Crippen molar-refractivity contribution in [2.75, 3.05) is 0 Å². The standard InChI is InChI=1S/C11H13NO.2C2H6.Rb/c1-8-6-7-9-4-2-3-5-10(9)12-11(8)13;2*1-2;/h2-5,8H,6-7H2,1H3,(H,12,13);2*1-2H3;/q;;;+1/p-1. The van der Waals surface area contributed by atoms with Gasteiger partial charge in [0.1, 0.15) is 0 Å². The Morgan fingerprint density at radius 3 is 2.28 bits per heavy atom. The number of hydrogen-bond acceptors (Lipinski definition) is 1. The predicted molar refractivity (Wildman–Crippen MR) is 74.6 cm³/mol. The molecule has 1 amide bonds. The van der Waals surface area contributed by atoms with Gasteiger partial charge in [0.2, 0.25) is 0 Å². The fourth-order valence-electron chi connectivity index (χ4n) is 1.56. The maximum Gasteiger partial charge on any atom is 1.00 e. The van der Waals surface area contributed by atoms with E-state index in [0.717, 1.165) is 18.5 Å². The second-order valence-corrected chi connectivity index (χ2v) is 3.52. The van der Waals surface area contributed by atoms with Crippen LogP contribution in [-0.2, 0) is 11.2 Å². The molecule has 0 fully saturated rings. The van der Waals surface area contributed by atoms with Crippen molar-refractivity contribution in [3.05, 3.63) is 35.1 Å². The van der Waals surface area contributed by atoms with Crippen LogP contribution in [0.15, 0.2) is 24.3 Å². The van der Waals surface area contributed by atoms with Gasteiger partial charge in [0.05, 0.1) is 5.91 Å². The van der Waals surface area contributed by atoms with Crippen LogP contribution in [0.5, 0.6) is 0 Å². The number of benzene rings is 1. The smallest absolute Gasteiger partial charge is 0.626 e. The van der Waals surface area contributed by atoms with Gasteiger partial charge >= 0.3 is 58.2 Å². The second-order valence-electron chi connectivity index (χ2n) is 3.52. The van der Waals surface area contributed by atoms with E-state index in [-0.39, 0.29) is 70.0 Å². The molecule has 0 saturated heterocycles. The van der Waals surface area contributed by atoms with E-state index in [1.807, 2.05) is 58.9 Å². The molecule has 0 saturated carbocycles. The normalized spacial score (nSPS) is 16.3. The number of rotatable bonds is 0. The third-order valence-corrected chi connectivity index (χ3v) is 2.49. The Morgan fingerprint density at radius 1 is 1.11 bits per heavy atom. The summed E-state index contributed by atoms with van der Waals surface area (Å²) in [4.78, 5) is 11.4. The maximum absolute atomic E-state index is 11.4. The minimum atomic E-state index is 0. The van der Waals surface area contributed by atoms with Gasteiger partial charge < -0.3 is 10.1 Å². The molecule has 0 N–H and O–H groups in total. The molecule has 1 unspecified atom stereocenters. The van der Waals surface area contributed by atoms with Crippen LogP contribution in [0, 0.1) is 5.92 Å². The molecule has 2 rings (SSSR count). The van der Waals surface area contributed by atoms with Gasteiger partial charge in [-0.2, -0.15) is 0 Å². The summed E-state index contributed by atoms with van der Waals surface area (Å²) in [5.41, 5.74) is 2.05. The summed E-state index contributed by atoms with van der Waals surface area (Å²) in [7, 11) is 0. The SMILES string of the molecule is CC.CC.CC1CCc2ccccc2[N-]C1=O.[Rb+]. The summed E-state index contributed by atoms with van der Waals surface area (Å²) in [6.45, 7) is 9.94. The zero-order chi connectivity index (χ0) is 13.3. The van der Waals surface area contributed by atoms with Crippen LogP contribution in [-0.4, -0.2) is 5.91 Å². The van der Waals surface area contributed by atoms with E-state index < -0.39 is 0 Å². The van der Waals surface area contributed by atoms with E-state index in [4.69, 9.17) is 0 Å². The number of fused-ring (bicyclic) bond motifs is 1. The van der Waals surface area contributed by atoms with Crippen molar-refractivity contribution in [3.63, 3.8) is 0 Å². The van der Waals surface area contributed by atoms with Crippen LogP contribution in [0.4, 0.5) is 5.69 Å². The van der Waals surface area contributed by atoms with Gasteiger partial charge in [-0.15, -0.1) is 5.69 Å². The molecule has 1 heterocycles. The van der Waals surface area contributed by atoms with Crippen molar-refractivity contribution in [2.24, 2.45) is 5.92 Å². The molecule has 0 spiro atoms. The van der Waals surface area contributed by atoms with Crippen LogP contribution >= 0.6 is 0 Å². The molecule has 1 aliphatic heterocycles. The van der Waals surface area contributed by atoms with E-state index >= 15 is 0 Å². The summed E-state index contributed by atoms with van der Waals surface area (Å²) in [6.07, 6.45) is 1.88. The van der Waals surface area contributed by atoms with Gasteiger partial charge in [-0.1, -0.05) is 64.4 Å². The maximum atomic E-state index is 11.4. The van der Waals surface area contributed by atoms with Gasteiger partial charge in [-0.3, -0.25) is 0 Å². The Hall–Kier alpha value is 0.495. The Labute approximate surface area is 161 Å². The molecule has 1 aromatic carbocycles. The molecule has 1 aliphatic rings. The fraction of sp³-hybridized carbons (Fsp3) is 0.533. The largest absolute Gasteiger partial charge is 1.00 e. The zero-order valence-corrected chi connectivity index (χ0v) is 17.6. The molecule has 0 radical (unpaired) electrons. The third-order valence-electron chi connectivity index (χ3n) is 2.49. The van der Waals surface area contributed by atoms with Crippen molar-refractivity contribution in [3.8, 4) is 0 Å². The Kier molecular flexibility index (Phi) is 14.5. The number of carbonyl (C=O) groups is 1. The predicted octanol–water partition coefficient (Wildman–Crippen LogP) is 1.86. The molecule has 0 bridgehead atoms. The number of hydrogen-bond donors (Lipinski definition) is 0. The van der Waals surface area contributed by atoms with Crippen LogP contribution in [0.1, 0.15) is 46.6 Å². The quantitative estimate of drug-likeness (QED) is 0.718. The average Bonchev–Trinajstić information content (AvgIpc) is 2.55. The number of amides is 1. The number of para-hydroxylation sites is 1. The van der Waals surface area contributed by atoms with E-state index in [9.17, 15) is 4.79 Å². The van der Waals surface area contributed by atoms with E-state index in [1.54, 1.807) is 0 Å². The first-order valence-corrected chi connectivity index (χ1v) is 6.61. The molecule has 2 nitrogen and oxygen atoms in total. The van der Waals surface area contributed by atoms with Crippen LogP contribution in [0.2, 0.25) is 0 Å². The molecule has 96 valence electrons. The molecule has 1 atom stereocenters. The first-order chi connectivity index (χ1) is 8.27. The Bertz CT molecular complexity index is 339. The van der Waals surface area contributed by atoms with E-state index in [2.05, 4.69) is 5.32 Å².